The van der Waals surface area contributed by atoms with Crippen LogP contribution >= 0.6 is 0 Å². The summed E-state index contributed by atoms with van der Waals surface area (Å²) in [5, 5.41) is 0.337. The van der Waals surface area contributed by atoms with E-state index in [1.807, 2.05) is 13.8 Å². The van der Waals surface area contributed by atoms with Crippen LogP contribution in [-0.4, -0.2) is 13.7 Å². The number of hydrogen-bond donors (Lipinski definition) is 0. The van der Waals surface area contributed by atoms with Crippen LogP contribution in [0, 0.1) is 28.9 Å². The van der Waals surface area contributed by atoms with Crippen molar-refractivity contribution in [3.8, 4) is 0 Å². The molecule has 2 radical (unpaired) electrons. The van der Waals surface area contributed by atoms with Gasteiger partial charge in [-0.25, -0.2) is 0 Å². The third-order valence-corrected chi connectivity index (χ3v) is 5.90. The second kappa shape index (κ2) is 17.6. The molecule has 0 amide bonds. The van der Waals surface area contributed by atoms with Crippen LogP contribution in [0.4, 0.5) is 0 Å². The molecule has 0 aliphatic heterocycles. The van der Waals surface area contributed by atoms with Crippen LogP contribution in [-0.2, 0) is 48.8 Å². The second-order valence-electron chi connectivity index (χ2n) is 7.49. The fourth-order valence-corrected chi connectivity index (χ4v) is 3.34. The van der Waals surface area contributed by atoms with Gasteiger partial charge in [-0.15, -0.1) is 0 Å². The second-order valence-corrected chi connectivity index (χ2v) is 10.2. The summed E-state index contributed by atoms with van der Waals surface area (Å²) in [4.78, 5) is 0. The third kappa shape index (κ3) is 18.0. The molecule has 2 nitrogen and oxygen atoms in total. The molecule has 0 heterocycles. The number of rotatable bonds is 7. The molecule has 0 aliphatic rings. The summed E-state index contributed by atoms with van der Waals surface area (Å²) in [6.45, 7) is 20.5. The van der Waals surface area contributed by atoms with E-state index >= 15 is 0 Å². The van der Waals surface area contributed by atoms with E-state index in [1.54, 1.807) is 26.7 Å². The fraction of sp³-hybridized carbons (Fsp3) is 0.895. The Morgan fingerprint density at radius 3 is 1.25 bits per heavy atom. The van der Waals surface area contributed by atoms with Crippen molar-refractivity contribution < 1.29 is 47.4 Å². The molecule has 0 N–H and O–H groups in total. The van der Waals surface area contributed by atoms with Crippen LogP contribution in [0.3, 0.4) is 0 Å². The first kappa shape index (κ1) is 36.2. The summed E-state index contributed by atoms with van der Waals surface area (Å²) in [6.07, 6.45) is 1.97. The zero-order valence-electron chi connectivity index (χ0n) is 16.6. The van der Waals surface area contributed by atoms with Crippen molar-refractivity contribution in [1.29, 1.82) is 0 Å². The fourth-order valence-electron chi connectivity index (χ4n) is 1.97. The Hall–Kier alpha value is 1.20. The van der Waals surface area contributed by atoms with Crippen molar-refractivity contribution >= 4 is 9.84 Å². The molecular formula is C19H42O2Rh2S-2. The van der Waals surface area contributed by atoms with E-state index in [0.717, 1.165) is 11.8 Å². The van der Waals surface area contributed by atoms with Crippen LogP contribution in [0.15, 0.2) is 0 Å². The van der Waals surface area contributed by atoms with Gasteiger partial charge in [0.05, 0.1) is 0 Å². The minimum atomic E-state index is -2.96. The maximum Gasteiger partial charge on any atom is 0.0287 e. The van der Waals surface area contributed by atoms with Crippen molar-refractivity contribution in [2.75, 3.05) is 0 Å². The van der Waals surface area contributed by atoms with Gasteiger partial charge in [0.25, 0.3) is 0 Å². The van der Waals surface area contributed by atoms with Gasteiger partial charge in [-0.2, -0.15) is 37.9 Å². The van der Waals surface area contributed by atoms with E-state index in [1.165, 1.54) is 6.42 Å². The molecule has 24 heavy (non-hydrogen) atoms. The molecule has 0 aromatic heterocycles. The van der Waals surface area contributed by atoms with Crippen LogP contribution in [0.25, 0.3) is 0 Å². The maximum atomic E-state index is 11.5. The summed E-state index contributed by atoms with van der Waals surface area (Å²) < 4.78 is 23.1. The molecular weight excluding hydrogens is 498 g/mol. The van der Waals surface area contributed by atoms with Gasteiger partial charge < -0.3 is 5.92 Å². The van der Waals surface area contributed by atoms with Crippen LogP contribution < -0.4 is 0 Å². The van der Waals surface area contributed by atoms with E-state index in [2.05, 4.69) is 34.6 Å². The Morgan fingerprint density at radius 2 is 1.08 bits per heavy atom. The van der Waals surface area contributed by atoms with Gasteiger partial charge in [0.15, 0.2) is 0 Å². The normalized spacial score (nSPS) is 11.2. The minimum Gasteiger partial charge on any atom is -0.314 e. The van der Waals surface area contributed by atoms with E-state index in [-0.39, 0.29) is 51.6 Å². The molecule has 0 aromatic rings. The predicted molar refractivity (Wildman–Crippen MR) is 102 cm³/mol. The van der Waals surface area contributed by atoms with Crippen LogP contribution in [0.2, 0.25) is 0 Å². The minimum absolute atomic E-state index is 0. The first-order valence-electron chi connectivity index (χ1n) is 8.20. The van der Waals surface area contributed by atoms with Crippen LogP contribution in [0.5, 0.6) is 0 Å². The number of sulfone groups is 1. The molecule has 156 valence electrons. The molecule has 0 aromatic carbocycles. The molecule has 0 bridgehead atoms. The standard InChI is InChI=1S/C9H19O2S.C9H19.CH4.2Rh/c1-7(2)6-9(5)12(10,11)8(3)4;1-7(2)6-9(5)8(3)4;;;/h7-8H,6H2,1-5H3;7-8H,6H2,1-5H3;1H4;;/q2*-1;;;. The summed E-state index contributed by atoms with van der Waals surface area (Å²) in [6, 6.07) is 0. The van der Waals surface area contributed by atoms with Crippen molar-refractivity contribution in [3.05, 3.63) is 11.2 Å². The zero-order chi connectivity index (χ0) is 17.4. The Labute approximate surface area is 180 Å². The van der Waals surface area contributed by atoms with Crippen molar-refractivity contribution in [2.45, 2.75) is 94.8 Å². The topological polar surface area (TPSA) is 34.1 Å². The molecule has 0 saturated carbocycles. The van der Waals surface area contributed by atoms with Gasteiger partial charge >= 0.3 is 0 Å². The molecule has 0 saturated heterocycles. The van der Waals surface area contributed by atoms with Crippen molar-refractivity contribution in [3.63, 3.8) is 0 Å². The van der Waals surface area contributed by atoms with Gasteiger partial charge in [0, 0.05) is 54.0 Å². The monoisotopic (exact) mass is 540 g/mol. The first-order valence-corrected chi connectivity index (χ1v) is 9.75. The Kier molecular flexibility index (Phi) is 26.5. The van der Waals surface area contributed by atoms with Gasteiger partial charge in [0.1, 0.15) is 0 Å². The smallest absolute Gasteiger partial charge is 0.0287 e. The molecule has 0 fully saturated rings. The Morgan fingerprint density at radius 1 is 0.750 bits per heavy atom. The summed E-state index contributed by atoms with van der Waals surface area (Å²) in [7, 11) is -2.96. The largest absolute Gasteiger partial charge is 0.314 e. The number of hydrogen-bond acceptors (Lipinski definition) is 2. The summed E-state index contributed by atoms with van der Waals surface area (Å²) in [5.41, 5.74) is 0. The Bertz CT molecular complexity index is 350. The molecule has 0 unspecified atom stereocenters. The molecule has 0 rings (SSSR count). The van der Waals surface area contributed by atoms with E-state index < -0.39 is 9.84 Å². The SMILES string of the molecule is C.C[C-](CC(C)C)C(C)C.C[C-](CC(C)C)S(=O)(=O)C(C)C.[Rh].[Rh]. The van der Waals surface area contributed by atoms with E-state index in [4.69, 9.17) is 0 Å². The average Bonchev–Trinajstić information content (AvgIpc) is 2.27. The summed E-state index contributed by atoms with van der Waals surface area (Å²) >= 11 is 0. The van der Waals surface area contributed by atoms with Gasteiger partial charge in [-0.3, -0.25) is 8.42 Å². The zero-order valence-corrected chi connectivity index (χ0v) is 20.7. The quantitative estimate of drug-likeness (QED) is 0.280. The van der Waals surface area contributed by atoms with Crippen molar-refractivity contribution in [1.82, 2.24) is 0 Å². The van der Waals surface area contributed by atoms with Gasteiger partial charge in [0.2, 0.25) is 0 Å². The molecule has 0 atom stereocenters. The average molecular weight is 540 g/mol. The maximum absolute atomic E-state index is 11.5. The first-order chi connectivity index (χ1) is 9.32. The predicted octanol–water partition coefficient (Wildman–Crippen LogP) is 6.32. The summed E-state index contributed by atoms with van der Waals surface area (Å²) in [5.74, 6) is 3.64. The van der Waals surface area contributed by atoms with E-state index in [9.17, 15) is 8.42 Å². The molecule has 0 aliphatic carbocycles. The Balaban J connectivity index is -0.0000000918. The molecule has 5 heteroatoms. The van der Waals surface area contributed by atoms with E-state index in [0.29, 0.717) is 17.6 Å². The third-order valence-electron chi connectivity index (χ3n) is 3.52. The molecule has 0 spiro atoms. The van der Waals surface area contributed by atoms with Gasteiger partial charge in [-0.05, 0) is 0 Å². The van der Waals surface area contributed by atoms with Crippen molar-refractivity contribution in [2.24, 2.45) is 17.8 Å². The van der Waals surface area contributed by atoms with Crippen LogP contribution in [0.1, 0.15) is 89.5 Å². The van der Waals surface area contributed by atoms with Gasteiger partial charge in [-0.1, -0.05) is 74.7 Å².